The first-order valence-corrected chi connectivity index (χ1v) is 10.2. The Hall–Kier alpha value is -1.21. The molecule has 0 saturated carbocycles. The molecule has 2 heterocycles. The van der Waals surface area contributed by atoms with Gasteiger partial charge in [0, 0.05) is 37.1 Å². The van der Waals surface area contributed by atoms with Crippen LogP contribution in [0.25, 0.3) is 0 Å². The predicted molar refractivity (Wildman–Crippen MR) is 94.2 cm³/mol. The summed E-state index contributed by atoms with van der Waals surface area (Å²) in [6, 6.07) is 11.8. The van der Waals surface area contributed by atoms with Crippen LogP contribution in [-0.4, -0.2) is 43.8 Å². The van der Waals surface area contributed by atoms with Gasteiger partial charge in [0.2, 0.25) is 10.0 Å². The zero-order valence-corrected chi connectivity index (χ0v) is 15.1. The number of hydrogen-bond acceptors (Lipinski definition) is 4. The van der Waals surface area contributed by atoms with Crippen molar-refractivity contribution in [2.75, 3.05) is 26.2 Å². The summed E-state index contributed by atoms with van der Waals surface area (Å²) in [7, 11) is -3.39. The van der Waals surface area contributed by atoms with E-state index in [4.69, 9.17) is 0 Å². The van der Waals surface area contributed by atoms with Crippen LogP contribution in [0.1, 0.15) is 23.4 Å². The summed E-state index contributed by atoms with van der Waals surface area (Å²) in [4.78, 5) is 4.12. The van der Waals surface area contributed by atoms with Gasteiger partial charge in [-0.2, -0.15) is 4.31 Å². The zero-order chi connectivity index (χ0) is 16.4. The van der Waals surface area contributed by atoms with Crippen LogP contribution in [0.4, 0.5) is 0 Å². The number of nitrogens with zero attached hydrogens (tertiary/aromatic N) is 2. The minimum atomic E-state index is -3.39. The molecular formula is C17H22N2O2S2. The van der Waals surface area contributed by atoms with Crippen LogP contribution in [0.3, 0.4) is 0 Å². The molecule has 124 valence electrons. The van der Waals surface area contributed by atoms with Crippen LogP contribution < -0.4 is 0 Å². The molecule has 1 saturated heterocycles. The topological polar surface area (TPSA) is 40.6 Å². The highest BCUT2D eigenvalue weighted by Gasteiger charge is 2.31. The zero-order valence-electron chi connectivity index (χ0n) is 13.5. The van der Waals surface area contributed by atoms with Crippen LogP contribution in [0, 0.1) is 6.92 Å². The normalized spacial score (nSPS) is 18.9. The fraction of sp³-hybridized carbons (Fsp3) is 0.412. The quantitative estimate of drug-likeness (QED) is 0.851. The van der Waals surface area contributed by atoms with Gasteiger partial charge in [-0.3, -0.25) is 4.90 Å². The molecule has 0 aliphatic carbocycles. The maximum absolute atomic E-state index is 12.8. The average molecular weight is 351 g/mol. The second-order valence-electron chi connectivity index (χ2n) is 5.90. The van der Waals surface area contributed by atoms with Crippen molar-refractivity contribution in [3.63, 3.8) is 0 Å². The van der Waals surface area contributed by atoms with Crippen molar-refractivity contribution < 1.29 is 8.42 Å². The molecule has 1 aliphatic rings. The van der Waals surface area contributed by atoms with Gasteiger partial charge in [0.05, 0.1) is 4.90 Å². The molecule has 3 rings (SSSR count). The standard InChI is InChI=1S/C17H22N2O2S2/c1-14-6-3-4-8-17(14)23(20,21)19-11-9-18(10-12-19)15(2)16-7-5-13-22-16/h3-8,13,15H,9-12H2,1-2H3. The Bertz CT molecular complexity index is 749. The van der Waals surface area contributed by atoms with Crippen LogP contribution >= 0.6 is 11.3 Å². The summed E-state index contributed by atoms with van der Waals surface area (Å²) in [5, 5.41) is 2.09. The van der Waals surface area contributed by atoms with Gasteiger partial charge in [0.1, 0.15) is 0 Å². The van der Waals surface area contributed by atoms with E-state index >= 15 is 0 Å². The highest BCUT2D eigenvalue weighted by molar-refractivity contribution is 7.89. The van der Waals surface area contributed by atoms with Crippen LogP contribution in [-0.2, 0) is 10.0 Å². The molecule has 23 heavy (non-hydrogen) atoms. The maximum atomic E-state index is 12.8. The van der Waals surface area contributed by atoms with Crippen molar-refractivity contribution >= 4 is 21.4 Å². The monoisotopic (exact) mass is 350 g/mol. The van der Waals surface area contributed by atoms with Crippen molar-refractivity contribution in [1.29, 1.82) is 0 Å². The van der Waals surface area contributed by atoms with Crippen molar-refractivity contribution in [2.45, 2.75) is 24.8 Å². The van der Waals surface area contributed by atoms with Gasteiger partial charge in [-0.1, -0.05) is 24.3 Å². The van der Waals surface area contributed by atoms with E-state index in [0.29, 0.717) is 24.0 Å². The van der Waals surface area contributed by atoms with E-state index < -0.39 is 10.0 Å². The highest BCUT2D eigenvalue weighted by atomic mass is 32.2. The van der Waals surface area contributed by atoms with Gasteiger partial charge in [-0.25, -0.2) is 8.42 Å². The first-order valence-electron chi connectivity index (χ1n) is 7.83. The fourth-order valence-electron chi connectivity index (χ4n) is 3.03. The van der Waals surface area contributed by atoms with Crippen molar-refractivity contribution in [3.8, 4) is 0 Å². The van der Waals surface area contributed by atoms with E-state index in [2.05, 4.69) is 29.3 Å². The molecule has 1 atom stereocenters. The van der Waals surface area contributed by atoms with Gasteiger partial charge in [-0.05, 0) is 36.9 Å². The van der Waals surface area contributed by atoms with Crippen LogP contribution in [0.15, 0.2) is 46.7 Å². The third-order valence-corrected chi connectivity index (χ3v) is 7.59. The molecule has 1 fully saturated rings. The average Bonchev–Trinajstić information content (AvgIpc) is 3.09. The number of hydrogen-bond donors (Lipinski definition) is 0. The summed E-state index contributed by atoms with van der Waals surface area (Å²) in [5.74, 6) is 0. The number of benzene rings is 1. The number of thiophene rings is 1. The first kappa shape index (κ1) is 16.6. The lowest BCUT2D eigenvalue weighted by molar-refractivity contribution is 0.147. The molecule has 0 amide bonds. The molecule has 6 heteroatoms. The third kappa shape index (κ3) is 3.35. The summed E-state index contributed by atoms with van der Waals surface area (Å²) in [5.41, 5.74) is 0.807. The summed E-state index contributed by atoms with van der Waals surface area (Å²) < 4.78 is 27.3. The van der Waals surface area contributed by atoms with E-state index in [1.807, 2.05) is 19.1 Å². The van der Waals surface area contributed by atoms with Crippen LogP contribution in [0.5, 0.6) is 0 Å². The summed E-state index contributed by atoms with van der Waals surface area (Å²) in [6.07, 6.45) is 0. The molecule has 1 aromatic carbocycles. The van der Waals surface area contributed by atoms with Gasteiger partial charge in [0.15, 0.2) is 0 Å². The molecule has 0 radical (unpaired) electrons. The number of rotatable bonds is 4. The SMILES string of the molecule is Cc1ccccc1S(=O)(=O)N1CCN(C(C)c2cccs2)CC1. The molecule has 4 nitrogen and oxygen atoms in total. The maximum Gasteiger partial charge on any atom is 0.243 e. The van der Waals surface area contributed by atoms with E-state index in [0.717, 1.165) is 18.7 Å². The molecule has 0 spiro atoms. The molecule has 1 aromatic heterocycles. The molecule has 2 aromatic rings. The Kier molecular flexibility index (Phi) is 4.87. The Morgan fingerprint density at radius 2 is 1.74 bits per heavy atom. The van der Waals surface area contributed by atoms with Gasteiger partial charge in [-0.15, -0.1) is 11.3 Å². The lowest BCUT2D eigenvalue weighted by atomic mass is 10.2. The minimum absolute atomic E-state index is 0.346. The number of piperazine rings is 1. The number of aryl methyl sites for hydroxylation is 1. The minimum Gasteiger partial charge on any atom is -0.293 e. The van der Waals surface area contributed by atoms with E-state index in [9.17, 15) is 8.42 Å². The molecule has 0 N–H and O–H groups in total. The Labute approximate surface area is 142 Å². The van der Waals surface area contributed by atoms with Gasteiger partial charge in [0.25, 0.3) is 0 Å². The van der Waals surface area contributed by atoms with Crippen molar-refractivity contribution in [1.82, 2.24) is 9.21 Å². The lowest BCUT2D eigenvalue weighted by Crippen LogP contribution is -2.49. The van der Waals surface area contributed by atoms with Crippen LogP contribution in [0.2, 0.25) is 0 Å². The van der Waals surface area contributed by atoms with E-state index in [-0.39, 0.29) is 0 Å². The molecular weight excluding hydrogens is 328 g/mol. The second-order valence-corrected chi connectivity index (χ2v) is 8.78. The van der Waals surface area contributed by atoms with Crippen molar-refractivity contribution in [3.05, 3.63) is 52.2 Å². The molecule has 1 unspecified atom stereocenters. The predicted octanol–water partition coefficient (Wildman–Crippen LogP) is 3.12. The lowest BCUT2D eigenvalue weighted by Gasteiger charge is -2.37. The van der Waals surface area contributed by atoms with Crippen molar-refractivity contribution in [2.24, 2.45) is 0 Å². The summed E-state index contributed by atoms with van der Waals surface area (Å²) >= 11 is 1.76. The Balaban J connectivity index is 1.70. The highest BCUT2D eigenvalue weighted by Crippen LogP contribution is 2.27. The first-order chi connectivity index (χ1) is 11.0. The largest absolute Gasteiger partial charge is 0.293 e. The Morgan fingerprint density at radius 1 is 1.04 bits per heavy atom. The smallest absolute Gasteiger partial charge is 0.243 e. The summed E-state index contributed by atoms with van der Waals surface area (Å²) in [6.45, 7) is 6.67. The van der Waals surface area contributed by atoms with E-state index in [1.54, 1.807) is 27.8 Å². The van der Waals surface area contributed by atoms with Gasteiger partial charge >= 0.3 is 0 Å². The molecule has 1 aliphatic heterocycles. The van der Waals surface area contributed by atoms with E-state index in [1.165, 1.54) is 4.88 Å². The molecule has 0 bridgehead atoms. The Morgan fingerprint density at radius 3 is 2.35 bits per heavy atom. The second kappa shape index (κ2) is 6.73. The van der Waals surface area contributed by atoms with Gasteiger partial charge < -0.3 is 0 Å². The third-order valence-electron chi connectivity index (χ3n) is 4.49. The number of sulfonamides is 1. The fourth-order valence-corrected chi connectivity index (χ4v) is 5.49.